The molecule has 0 amide bonds. The zero-order chi connectivity index (χ0) is 5.98. The van der Waals surface area contributed by atoms with E-state index >= 15 is 0 Å². The summed E-state index contributed by atoms with van der Waals surface area (Å²) in [4.78, 5) is 0. The molecule has 41 valence electrons. The van der Waals surface area contributed by atoms with Crippen molar-refractivity contribution in [1.29, 1.82) is 0 Å². The summed E-state index contributed by atoms with van der Waals surface area (Å²) in [5.41, 5.74) is 0.867. The summed E-state index contributed by atoms with van der Waals surface area (Å²) in [6.07, 6.45) is 1.60. The minimum absolute atomic E-state index is 0.727. The minimum atomic E-state index is 0.727. The number of nitrogens with zero attached hydrogens (tertiary/aromatic N) is 2. The van der Waals surface area contributed by atoms with E-state index in [0.29, 0.717) is 0 Å². The van der Waals surface area contributed by atoms with Gasteiger partial charge < -0.3 is 0 Å². The second-order valence-corrected chi connectivity index (χ2v) is 2.20. The molecule has 0 bridgehead atoms. The van der Waals surface area contributed by atoms with Gasteiger partial charge in [0.15, 0.2) is 0 Å². The predicted octanol–water partition coefficient (Wildman–Crippen LogP) is 1.42. The molecule has 0 spiro atoms. The molecule has 0 atom stereocenters. The van der Waals surface area contributed by atoms with E-state index in [1.807, 2.05) is 0 Å². The van der Waals surface area contributed by atoms with Crippen molar-refractivity contribution in [2.45, 2.75) is 0 Å². The van der Waals surface area contributed by atoms with Gasteiger partial charge in [0.2, 0.25) is 0 Å². The second kappa shape index (κ2) is 2.22. The Labute approximate surface area is 56.1 Å². The Balaban J connectivity index is 3.08. The average molecular weight is 172 g/mol. The van der Waals surface area contributed by atoms with Crippen LogP contribution in [-0.4, -0.2) is 10.2 Å². The van der Waals surface area contributed by atoms with Crippen molar-refractivity contribution >= 4 is 15.9 Å². The maximum Gasteiger partial charge on any atom is 0.129 e. The Morgan fingerprint density at radius 1 is 1.62 bits per heavy atom. The van der Waals surface area contributed by atoms with Crippen LogP contribution in [0.15, 0.2) is 16.9 Å². The molecule has 3 heteroatoms. The van der Waals surface area contributed by atoms with Crippen LogP contribution in [0.3, 0.4) is 0 Å². The zero-order valence-corrected chi connectivity index (χ0v) is 5.72. The van der Waals surface area contributed by atoms with Crippen molar-refractivity contribution in [3.63, 3.8) is 0 Å². The van der Waals surface area contributed by atoms with E-state index < -0.39 is 0 Å². The lowest BCUT2D eigenvalue weighted by Gasteiger charge is -1.86. The van der Waals surface area contributed by atoms with Crippen LogP contribution >= 0.6 is 15.9 Å². The van der Waals surface area contributed by atoms with Crippen molar-refractivity contribution < 1.29 is 0 Å². The Morgan fingerprint density at radius 2 is 2.38 bits per heavy atom. The zero-order valence-electron chi connectivity index (χ0n) is 4.13. The molecule has 1 rings (SSSR count). The SMILES string of the molecule is [CH2]c1cnnc(Br)c1. The summed E-state index contributed by atoms with van der Waals surface area (Å²) in [5, 5.41) is 7.29. The third kappa shape index (κ3) is 1.26. The first-order valence-corrected chi connectivity index (χ1v) is 2.88. The molecule has 1 aromatic rings. The summed E-state index contributed by atoms with van der Waals surface area (Å²) in [6.45, 7) is 3.65. The van der Waals surface area contributed by atoms with E-state index in [-0.39, 0.29) is 0 Å². The predicted molar refractivity (Wildman–Crippen MR) is 34.2 cm³/mol. The quantitative estimate of drug-likeness (QED) is 0.591. The van der Waals surface area contributed by atoms with Gasteiger partial charge in [-0.15, -0.1) is 5.10 Å². The van der Waals surface area contributed by atoms with Gasteiger partial charge in [-0.3, -0.25) is 0 Å². The lowest BCUT2D eigenvalue weighted by Crippen LogP contribution is -1.81. The number of aromatic nitrogens is 2. The highest BCUT2D eigenvalue weighted by Crippen LogP contribution is 2.03. The van der Waals surface area contributed by atoms with Crippen LogP contribution in [0.4, 0.5) is 0 Å². The molecular weight excluding hydrogens is 168 g/mol. The molecular formula is C5H4BrN2. The lowest BCUT2D eigenvalue weighted by atomic mass is 10.4. The minimum Gasteiger partial charge on any atom is -0.158 e. The van der Waals surface area contributed by atoms with Gasteiger partial charge in [0.05, 0.1) is 6.20 Å². The van der Waals surface area contributed by atoms with Crippen LogP contribution in [-0.2, 0) is 0 Å². The summed E-state index contributed by atoms with van der Waals surface area (Å²) in [5.74, 6) is 0. The fourth-order valence-electron chi connectivity index (χ4n) is 0.377. The number of rotatable bonds is 0. The number of hydrogen-bond donors (Lipinski definition) is 0. The fraction of sp³-hybridized carbons (Fsp3) is 0. The molecule has 1 radical (unpaired) electrons. The Hall–Kier alpha value is -0.440. The second-order valence-electron chi connectivity index (χ2n) is 1.39. The van der Waals surface area contributed by atoms with Gasteiger partial charge in [-0.05, 0) is 34.5 Å². The molecule has 0 aromatic carbocycles. The topological polar surface area (TPSA) is 25.8 Å². The first-order chi connectivity index (χ1) is 3.79. The molecule has 8 heavy (non-hydrogen) atoms. The van der Waals surface area contributed by atoms with E-state index in [1.54, 1.807) is 12.3 Å². The van der Waals surface area contributed by atoms with Crippen LogP contribution in [0.2, 0.25) is 0 Å². The third-order valence-electron chi connectivity index (χ3n) is 0.681. The third-order valence-corrected chi connectivity index (χ3v) is 1.07. The van der Waals surface area contributed by atoms with E-state index in [0.717, 1.165) is 10.2 Å². The molecule has 0 aliphatic heterocycles. The summed E-state index contributed by atoms with van der Waals surface area (Å²) in [7, 11) is 0. The van der Waals surface area contributed by atoms with Gasteiger partial charge in [0, 0.05) is 0 Å². The van der Waals surface area contributed by atoms with Gasteiger partial charge in [0.25, 0.3) is 0 Å². The number of hydrogen-bond acceptors (Lipinski definition) is 2. The van der Waals surface area contributed by atoms with Crippen LogP contribution in [0.1, 0.15) is 5.56 Å². The summed E-state index contributed by atoms with van der Waals surface area (Å²) in [6, 6.07) is 1.80. The molecule has 0 aliphatic rings. The van der Waals surface area contributed by atoms with Gasteiger partial charge in [-0.1, -0.05) is 0 Å². The van der Waals surface area contributed by atoms with Crippen LogP contribution < -0.4 is 0 Å². The van der Waals surface area contributed by atoms with E-state index in [4.69, 9.17) is 0 Å². The van der Waals surface area contributed by atoms with Crippen LogP contribution in [0.25, 0.3) is 0 Å². The molecule has 0 N–H and O–H groups in total. The highest BCUT2D eigenvalue weighted by atomic mass is 79.9. The van der Waals surface area contributed by atoms with Gasteiger partial charge in [-0.25, -0.2) is 0 Å². The highest BCUT2D eigenvalue weighted by molar-refractivity contribution is 9.10. The maximum atomic E-state index is 3.67. The van der Waals surface area contributed by atoms with Crippen molar-refractivity contribution in [2.24, 2.45) is 0 Å². The molecule has 0 saturated heterocycles. The summed E-state index contributed by atoms with van der Waals surface area (Å²) >= 11 is 3.15. The van der Waals surface area contributed by atoms with Crippen LogP contribution in [0, 0.1) is 6.92 Å². The maximum absolute atomic E-state index is 3.67. The van der Waals surface area contributed by atoms with E-state index in [1.165, 1.54) is 0 Å². The largest absolute Gasteiger partial charge is 0.158 e. The highest BCUT2D eigenvalue weighted by Gasteiger charge is 1.85. The first kappa shape index (κ1) is 5.69. The Kier molecular flexibility index (Phi) is 1.58. The first-order valence-electron chi connectivity index (χ1n) is 2.09. The van der Waals surface area contributed by atoms with Crippen molar-refractivity contribution in [2.75, 3.05) is 0 Å². The van der Waals surface area contributed by atoms with Gasteiger partial charge in [0.1, 0.15) is 4.60 Å². The van der Waals surface area contributed by atoms with Crippen LogP contribution in [0.5, 0.6) is 0 Å². The normalized spacial score (nSPS) is 9.25. The van der Waals surface area contributed by atoms with Gasteiger partial charge in [-0.2, -0.15) is 5.10 Å². The summed E-state index contributed by atoms with van der Waals surface area (Å²) < 4.78 is 0.727. The molecule has 0 saturated carbocycles. The molecule has 0 unspecified atom stereocenters. The van der Waals surface area contributed by atoms with Crippen molar-refractivity contribution in [1.82, 2.24) is 10.2 Å². The molecule has 1 heterocycles. The molecule has 0 fully saturated rings. The van der Waals surface area contributed by atoms with Gasteiger partial charge >= 0.3 is 0 Å². The van der Waals surface area contributed by atoms with Crippen molar-refractivity contribution in [3.8, 4) is 0 Å². The lowest BCUT2D eigenvalue weighted by molar-refractivity contribution is 0.998. The molecule has 1 aromatic heterocycles. The Morgan fingerprint density at radius 3 is 2.75 bits per heavy atom. The standard InChI is InChI=1S/C5H4BrN2/c1-4-2-5(6)8-7-3-4/h2-3H,1H2. The Bertz CT molecular complexity index is 170. The molecule has 0 aliphatic carbocycles. The molecule has 2 nitrogen and oxygen atoms in total. The average Bonchev–Trinajstić information content (AvgIpc) is 1.64. The van der Waals surface area contributed by atoms with E-state index in [9.17, 15) is 0 Å². The smallest absolute Gasteiger partial charge is 0.129 e. The number of halogens is 1. The van der Waals surface area contributed by atoms with Crippen molar-refractivity contribution in [3.05, 3.63) is 29.4 Å². The van der Waals surface area contributed by atoms with E-state index in [2.05, 4.69) is 33.1 Å². The monoisotopic (exact) mass is 171 g/mol. The fourth-order valence-corrected chi connectivity index (χ4v) is 0.763.